The van der Waals surface area contributed by atoms with Crippen LogP contribution in [0, 0.1) is 6.92 Å². The van der Waals surface area contributed by atoms with Gasteiger partial charge >= 0.3 is 0 Å². The molecule has 1 aromatic carbocycles. The van der Waals surface area contributed by atoms with Gasteiger partial charge in [0.2, 0.25) is 0 Å². The second kappa shape index (κ2) is 5.71. The lowest BCUT2D eigenvalue weighted by Crippen LogP contribution is -2.29. The summed E-state index contributed by atoms with van der Waals surface area (Å²) in [7, 11) is 0. The van der Waals surface area contributed by atoms with Gasteiger partial charge in [-0.05, 0) is 43.2 Å². The predicted molar refractivity (Wildman–Crippen MR) is 70.2 cm³/mol. The van der Waals surface area contributed by atoms with E-state index in [9.17, 15) is 0 Å². The number of aryl methyl sites for hydroxylation is 1. The number of hydrogen-bond donors (Lipinski definition) is 2. The average molecular weight is 246 g/mol. The van der Waals surface area contributed by atoms with Crippen molar-refractivity contribution in [2.24, 2.45) is 5.84 Å². The Labute approximate surface area is 107 Å². The fourth-order valence-electron chi connectivity index (χ4n) is 1.95. The van der Waals surface area contributed by atoms with Crippen molar-refractivity contribution in [3.05, 3.63) is 53.5 Å². The Kier molecular flexibility index (Phi) is 4.02. The van der Waals surface area contributed by atoms with Gasteiger partial charge in [-0.2, -0.15) is 0 Å². The van der Waals surface area contributed by atoms with Crippen LogP contribution in [0.25, 0.3) is 0 Å². The van der Waals surface area contributed by atoms with Crippen LogP contribution in [0.3, 0.4) is 0 Å². The largest absolute Gasteiger partial charge is 0.494 e. The monoisotopic (exact) mass is 246 g/mol. The molecule has 4 heteroatoms. The van der Waals surface area contributed by atoms with Crippen molar-refractivity contribution in [1.82, 2.24) is 5.43 Å². The second-order valence-electron chi connectivity index (χ2n) is 4.07. The van der Waals surface area contributed by atoms with E-state index in [4.69, 9.17) is 15.0 Å². The molecule has 96 valence electrons. The highest BCUT2D eigenvalue weighted by Gasteiger charge is 2.18. The van der Waals surface area contributed by atoms with E-state index < -0.39 is 0 Å². The molecule has 1 atom stereocenters. The highest BCUT2D eigenvalue weighted by molar-refractivity contribution is 5.35. The van der Waals surface area contributed by atoms with E-state index in [1.165, 1.54) is 0 Å². The van der Waals surface area contributed by atoms with Crippen LogP contribution < -0.4 is 16.0 Å². The summed E-state index contributed by atoms with van der Waals surface area (Å²) in [4.78, 5) is 0. The third kappa shape index (κ3) is 2.55. The standard InChI is InChI=1S/C14H18N2O2/c1-3-17-12-6-4-5-11(9-12)13(16-15)14-10(2)7-8-18-14/h4-9,13,16H,3,15H2,1-2H3. The van der Waals surface area contributed by atoms with Crippen LogP contribution in [-0.2, 0) is 0 Å². The fourth-order valence-corrected chi connectivity index (χ4v) is 1.95. The Morgan fingerprint density at radius 3 is 2.83 bits per heavy atom. The van der Waals surface area contributed by atoms with Crippen molar-refractivity contribution in [2.75, 3.05) is 6.61 Å². The average Bonchev–Trinajstić information content (AvgIpc) is 2.78. The summed E-state index contributed by atoms with van der Waals surface area (Å²) in [6.07, 6.45) is 1.67. The molecule has 0 aliphatic heterocycles. The number of benzene rings is 1. The summed E-state index contributed by atoms with van der Waals surface area (Å²) in [6, 6.07) is 9.59. The Morgan fingerprint density at radius 1 is 1.39 bits per heavy atom. The highest BCUT2D eigenvalue weighted by Crippen LogP contribution is 2.27. The highest BCUT2D eigenvalue weighted by atomic mass is 16.5. The van der Waals surface area contributed by atoms with Crippen molar-refractivity contribution < 1.29 is 9.15 Å². The van der Waals surface area contributed by atoms with Crippen molar-refractivity contribution in [3.8, 4) is 5.75 Å². The van der Waals surface area contributed by atoms with Gasteiger partial charge in [0.05, 0.1) is 12.9 Å². The number of hydrogen-bond acceptors (Lipinski definition) is 4. The Balaban J connectivity index is 2.33. The zero-order chi connectivity index (χ0) is 13.0. The van der Waals surface area contributed by atoms with Crippen molar-refractivity contribution in [2.45, 2.75) is 19.9 Å². The molecule has 0 amide bonds. The van der Waals surface area contributed by atoms with Gasteiger partial charge in [0.25, 0.3) is 0 Å². The molecule has 1 unspecified atom stereocenters. The van der Waals surface area contributed by atoms with Gasteiger partial charge in [-0.3, -0.25) is 5.84 Å². The lowest BCUT2D eigenvalue weighted by Gasteiger charge is -2.16. The SMILES string of the molecule is CCOc1cccc(C(NN)c2occc2C)c1. The molecule has 0 bridgehead atoms. The van der Waals surface area contributed by atoms with E-state index in [1.807, 2.05) is 44.2 Å². The molecular weight excluding hydrogens is 228 g/mol. The second-order valence-corrected chi connectivity index (χ2v) is 4.07. The summed E-state index contributed by atoms with van der Waals surface area (Å²) in [5.41, 5.74) is 4.87. The molecule has 0 radical (unpaired) electrons. The normalized spacial score (nSPS) is 12.4. The molecule has 0 aliphatic carbocycles. The number of nitrogens with two attached hydrogens (primary N) is 1. The molecular formula is C14H18N2O2. The van der Waals surface area contributed by atoms with Crippen LogP contribution in [0.2, 0.25) is 0 Å². The van der Waals surface area contributed by atoms with Gasteiger partial charge in [0.15, 0.2) is 0 Å². The molecule has 1 heterocycles. The van der Waals surface area contributed by atoms with E-state index in [-0.39, 0.29) is 6.04 Å². The maximum Gasteiger partial charge on any atom is 0.129 e. The molecule has 2 rings (SSSR count). The Hall–Kier alpha value is -1.78. The van der Waals surface area contributed by atoms with Gasteiger partial charge < -0.3 is 9.15 Å². The summed E-state index contributed by atoms with van der Waals surface area (Å²) < 4.78 is 11.0. The fraction of sp³-hybridized carbons (Fsp3) is 0.286. The number of nitrogens with one attached hydrogen (secondary N) is 1. The quantitative estimate of drug-likeness (QED) is 0.628. The van der Waals surface area contributed by atoms with Crippen molar-refractivity contribution >= 4 is 0 Å². The van der Waals surface area contributed by atoms with Crippen LogP contribution in [-0.4, -0.2) is 6.61 Å². The molecule has 3 N–H and O–H groups in total. The van der Waals surface area contributed by atoms with E-state index in [0.717, 1.165) is 22.6 Å². The maximum atomic E-state index is 5.64. The summed E-state index contributed by atoms with van der Waals surface area (Å²) in [6.45, 7) is 4.60. The van der Waals surface area contributed by atoms with E-state index in [0.29, 0.717) is 6.61 Å². The number of rotatable bonds is 5. The maximum absolute atomic E-state index is 5.64. The van der Waals surface area contributed by atoms with Crippen LogP contribution in [0.5, 0.6) is 5.75 Å². The smallest absolute Gasteiger partial charge is 0.129 e. The minimum Gasteiger partial charge on any atom is -0.494 e. The van der Waals surface area contributed by atoms with Crippen LogP contribution in [0.4, 0.5) is 0 Å². The summed E-state index contributed by atoms with van der Waals surface area (Å²) >= 11 is 0. The predicted octanol–water partition coefficient (Wildman–Crippen LogP) is 2.54. The van der Waals surface area contributed by atoms with Crippen molar-refractivity contribution in [1.29, 1.82) is 0 Å². The molecule has 18 heavy (non-hydrogen) atoms. The number of furan rings is 1. The third-order valence-electron chi connectivity index (χ3n) is 2.83. The van der Waals surface area contributed by atoms with Crippen molar-refractivity contribution in [3.63, 3.8) is 0 Å². The van der Waals surface area contributed by atoms with Crippen LogP contribution in [0.1, 0.15) is 29.9 Å². The summed E-state index contributed by atoms with van der Waals surface area (Å²) in [5.74, 6) is 7.30. The van der Waals surface area contributed by atoms with Gasteiger partial charge in [0.1, 0.15) is 17.6 Å². The van der Waals surface area contributed by atoms with Crippen LogP contribution in [0.15, 0.2) is 41.0 Å². The first kappa shape index (κ1) is 12.7. The van der Waals surface area contributed by atoms with E-state index in [1.54, 1.807) is 6.26 Å². The van der Waals surface area contributed by atoms with Crippen LogP contribution >= 0.6 is 0 Å². The number of hydrazine groups is 1. The zero-order valence-electron chi connectivity index (χ0n) is 10.6. The summed E-state index contributed by atoms with van der Waals surface area (Å²) in [5, 5.41) is 0. The molecule has 0 spiro atoms. The first-order chi connectivity index (χ1) is 8.76. The Morgan fingerprint density at radius 2 is 2.22 bits per heavy atom. The minimum atomic E-state index is -0.166. The molecule has 0 saturated heterocycles. The van der Waals surface area contributed by atoms with Gasteiger partial charge in [-0.25, -0.2) is 5.43 Å². The van der Waals surface area contributed by atoms with Gasteiger partial charge in [-0.1, -0.05) is 12.1 Å². The van der Waals surface area contributed by atoms with Gasteiger partial charge in [0, 0.05) is 0 Å². The number of ether oxygens (including phenoxy) is 1. The Bertz CT molecular complexity index is 508. The molecule has 0 fully saturated rings. The minimum absolute atomic E-state index is 0.166. The topological polar surface area (TPSA) is 60.4 Å². The molecule has 4 nitrogen and oxygen atoms in total. The molecule has 0 aliphatic rings. The molecule has 1 aromatic heterocycles. The lowest BCUT2D eigenvalue weighted by molar-refractivity contribution is 0.339. The zero-order valence-corrected chi connectivity index (χ0v) is 10.6. The third-order valence-corrected chi connectivity index (χ3v) is 2.83. The lowest BCUT2D eigenvalue weighted by atomic mass is 10.0. The first-order valence-corrected chi connectivity index (χ1v) is 5.99. The molecule has 2 aromatic rings. The van der Waals surface area contributed by atoms with Gasteiger partial charge in [-0.15, -0.1) is 0 Å². The van der Waals surface area contributed by atoms with E-state index in [2.05, 4.69) is 5.43 Å². The molecule has 0 saturated carbocycles. The first-order valence-electron chi connectivity index (χ1n) is 5.99. The van der Waals surface area contributed by atoms with E-state index >= 15 is 0 Å².